The van der Waals surface area contributed by atoms with Crippen LogP contribution in [0.5, 0.6) is 0 Å². The maximum atomic E-state index is 12.8. The molecule has 0 amide bonds. The van der Waals surface area contributed by atoms with E-state index in [9.17, 15) is 4.39 Å². The third kappa shape index (κ3) is 2.06. The number of nitrogen functional groups attached to an aromatic ring is 1. The van der Waals surface area contributed by atoms with Gasteiger partial charge < -0.3 is 5.73 Å². The van der Waals surface area contributed by atoms with Gasteiger partial charge in [-0.2, -0.15) is 9.97 Å². The summed E-state index contributed by atoms with van der Waals surface area (Å²) in [4.78, 5) is 16.3. The average Bonchev–Trinajstić information content (AvgIpc) is 3.13. The van der Waals surface area contributed by atoms with Gasteiger partial charge in [-0.3, -0.25) is 0 Å². The molecule has 0 saturated heterocycles. The van der Waals surface area contributed by atoms with Crippen molar-refractivity contribution in [2.75, 3.05) is 5.73 Å². The van der Waals surface area contributed by atoms with E-state index in [1.165, 1.54) is 12.1 Å². The van der Waals surface area contributed by atoms with Crippen molar-refractivity contribution in [2.24, 2.45) is 0 Å². The number of rotatable bonds is 2. The molecule has 0 aromatic carbocycles. The van der Waals surface area contributed by atoms with Gasteiger partial charge in [-0.1, -0.05) is 0 Å². The van der Waals surface area contributed by atoms with Gasteiger partial charge in [-0.25, -0.2) is 14.4 Å². The quantitative estimate of drug-likeness (QED) is 0.848. The lowest BCUT2D eigenvalue weighted by Gasteiger charge is -2.03. The van der Waals surface area contributed by atoms with Crippen molar-refractivity contribution in [3.05, 3.63) is 30.0 Å². The summed E-state index contributed by atoms with van der Waals surface area (Å²) < 4.78 is 12.8. The van der Waals surface area contributed by atoms with Crippen LogP contribution in [0, 0.1) is 5.82 Å². The molecule has 2 aromatic rings. The SMILES string of the molecule is Nc1nc(-c2ccc(F)cn2)nc(C2CC2)n1. The molecular weight excluding hydrogens is 221 g/mol. The Morgan fingerprint density at radius 3 is 2.65 bits per heavy atom. The Labute approximate surface area is 97.0 Å². The highest BCUT2D eigenvalue weighted by Crippen LogP contribution is 2.38. The van der Waals surface area contributed by atoms with Gasteiger partial charge in [0.15, 0.2) is 5.82 Å². The number of nitrogens with two attached hydrogens (primary N) is 1. The van der Waals surface area contributed by atoms with E-state index >= 15 is 0 Å². The van der Waals surface area contributed by atoms with E-state index in [-0.39, 0.29) is 5.95 Å². The molecule has 86 valence electrons. The molecule has 1 fully saturated rings. The molecule has 2 N–H and O–H groups in total. The standard InChI is InChI=1S/C11H10FN5/c12-7-3-4-8(14-5-7)10-15-9(6-1-2-6)16-11(13)17-10/h3-6H,1-2H2,(H2,13,15,16,17). The normalized spacial score (nSPS) is 14.9. The summed E-state index contributed by atoms with van der Waals surface area (Å²) in [6.07, 6.45) is 3.30. The molecular formula is C11H10FN5. The van der Waals surface area contributed by atoms with Crippen LogP contribution in [0.3, 0.4) is 0 Å². The summed E-state index contributed by atoms with van der Waals surface area (Å²) in [5.41, 5.74) is 6.13. The van der Waals surface area contributed by atoms with Crippen LogP contribution in [-0.4, -0.2) is 19.9 Å². The Balaban J connectivity index is 2.04. The highest BCUT2D eigenvalue weighted by atomic mass is 19.1. The number of aromatic nitrogens is 4. The molecule has 0 radical (unpaired) electrons. The van der Waals surface area contributed by atoms with Gasteiger partial charge in [0.05, 0.1) is 6.20 Å². The number of anilines is 1. The second-order valence-corrected chi connectivity index (χ2v) is 4.01. The van der Waals surface area contributed by atoms with Crippen LogP contribution in [-0.2, 0) is 0 Å². The predicted molar refractivity (Wildman–Crippen MR) is 59.4 cm³/mol. The first-order valence-electron chi connectivity index (χ1n) is 5.36. The topological polar surface area (TPSA) is 77.6 Å². The van der Waals surface area contributed by atoms with Gasteiger partial charge in [0.1, 0.15) is 17.3 Å². The van der Waals surface area contributed by atoms with Crippen LogP contribution in [0.4, 0.5) is 10.3 Å². The summed E-state index contributed by atoms with van der Waals surface area (Å²) in [5.74, 6) is 1.29. The number of nitrogens with zero attached hydrogens (tertiary/aromatic N) is 4. The van der Waals surface area contributed by atoms with Crippen molar-refractivity contribution >= 4 is 5.95 Å². The Hall–Kier alpha value is -2.11. The summed E-state index contributed by atoms with van der Waals surface area (Å²) >= 11 is 0. The van der Waals surface area contributed by atoms with Gasteiger partial charge in [0, 0.05) is 5.92 Å². The second-order valence-electron chi connectivity index (χ2n) is 4.01. The van der Waals surface area contributed by atoms with E-state index in [1.54, 1.807) is 0 Å². The minimum atomic E-state index is -0.391. The Kier molecular flexibility index (Phi) is 2.21. The van der Waals surface area contributed by atoms with Crippen molar-refractivity contribution in [2.45, 2.75) is 18.8 Å². The fraction of sp³-hybridized carbons (Fsp3) is 0.273. The molecule has 17 heavy (non-hydrogen) atoms. The van der Waals surface area contributed by atoms with Gasteiger partial charge in [-0.05, 0) is 25.0 Å². The first-order valence-corrected chi connectivity index (χ1v) is 5.36. The van der Waals surface area contributed by atoms with Gasteiger partial charge in [0.2, 0.25) is 5.95 Å². The van der Waals surface area contributed by atoms with Gasteiger partial charge >= 0.3 is 0 Å². The highest BCUT2D eigenvalue weighted by molar-refractivity contribution is 5.50. The van der Waals surface area contributed by atoms with Crippen molar-refractivity contribution in [3.8, 4) is 11.5 Å². The number of hydrogen-bond acceptors (Lipinski definition) is 5. The zero-order valence-electron chi connectivity index (χ0n) is 8.97. The molecule has 2 heterocycles. The van der Waals surface area contributed by atoms with Crippen LogP contribution in [0.2, 0.25) is 0 Å². The van der Waals surface area contributed by atoms with E-state index in [0.717, 1.165) is 19.0 Å². The molecule has 6 heteroatoms. The van der Waals surface area contributed by atoms with Crippen LogP contribution in [0.1, 0.15) is 24.6 Å². The molecule has 0 aliphatic heterocycles. The zero-order valence-corrected chi connectivity index (χ0v) is 8.97. The minimum Gasteiger partial charge on any atom is -0.368 e. The van der Waals surface area contributed by atoms with Crippen molar-refractivity contribution < 1.29 is 4.39 Å². The predicted octanol–water partition coefficient (Wildman–Crippen LogP) is 1.53. The first kappa shape index (κ1) is 10.1. The summed E-state index contributed by atoms with van der Waals surface area (Å²) in [5, 5.41) is 0. The van der Waals surface area contributed by atoms with Crippen molar-refractivity contribution in [3.63, 3.8) is 0 Å². The molecule has 0 bridgehead atoms. The molecule has 2 aromatic heterocycles. The van der Waals surface area contributed by atoms with Crippen molar-refractivity contribution in [1.29, 1.82) is 0 Å². The molecule has 0 unspecified atom stereocenters. The van der Waals surface area contributed by atoms with E-state index in [2.05, 4.69) is 19.9 Å². The average molecular weight is 231 g/mol. The first-order chi connectivity index (χ1) is 8.22. The molecule has 3 rings (SSSR count). The largest absolute Gasteiger partial charge is 0.368 e. The van der Waals surface area contributed by atoms with Crippen LogP contribution >= 0.6 is 0 Å². The second kappa shape index (κ2) is 3.73. The van der Waals surface area contributed by atoms with Crippen LogP contribution < -0.4 is 5.73 Å². The highest BCUT2D eigenvalue weighted by Gasteiger charge is 2.27. The van der Waals surface area contributed by atoms with E-state index in [0.29, 0.717) is 23.3 Å². The lowest BCUT2D eigenvalue weighted by molar-refractivity contribution is 0.621. The van der Waals surface area contributed by atoms with Crippen LogP contribution in [0.15, 0.2) is 18.3 Å². The molecule has 1 aliphatic rings. The summed E-state index contributed by atoms with van der Waals surface area (Å²) in [6, 6.07) is 2.85. The zero-order chi connectivity index (χ0) is 11.8. The third-order valence-electron chi connectivity index (χ3n) is 2.57. The Morgan fingerprint density at radius 2 is 2.00 bits per heavy atom. The molecule has 1 saturated carbocycles. The Bertz CT molecular complexity index is 550. The number of hydrogen-bond donors (Lipinski definition) is 1. The minimum absolute atomic E-state index is 0.183. The lowest BCUT2D eigenvalue weighted by atomic mass is 10.3. The maximum absolute atomic E-state index is 12.8. The maximum Gasteiger partial charge on any atom is 0.223 e. The van der Waals surface area contributed by atoms with Gasteiger partial charge in [0.25, 0.3) is 0 Å². The molecule has 5 nitrogen and oxygen atoms in total. The monoisotopic (exact) mass is 231 g/mol. The third-order valence-corrected chi connectivity index (χ3v) is 2.57. The molecule has 0 atom stereocenters. The lowest BCUT2D eigenvalue weighted by Crippen LogP contribution is -2.04. The smallest absolute Gasteiger partial charge is 0.223 e. The summed E-state index contributed by atoms with van der Waals surface area (Å²) in [7, 11) is 0. The molecule has 1 aliphatic carbocycles. The number of halogens is 1. The van der Waals surface area contributed by atoms with Crippen molar-refractivity contribution in [1.82, 2.24) is 19.9 Å². The summed E-state index contributed by atoms with van der Waals surface area (Å²) in [6.45, 7) is 0. The number of pyridine rings is 1. The fourth-order valence-corrected chi connectivity index (χ4v) is 1.56. The Morgan fingerprint density at radius 1 is 1.18 bits per heavy atom. The fourth-order valence-electron chi connectivity index (χ4n) is 1.56. The van der Waals surface area contributed by atoms with Crippen LogP contribution in [0.25, 0.3) is 11.5 Å². The molecule has 0 spiro atoms. The van der Waals surface area contributed by atoms with E-state index < -0.39 is 5.82 Å². The van der Waals surface area contributed by atoms with E-state index in [4.69, 9.17) is 5.73 Å². The van der Waals surface area contributed by atoms with E-state index in [1.807, 2.05) is 0 Å². The van der Waals surface area contributed by atoms with Gasteiger partial charge in [-0.15, -0.1) is 0 Å².